The Bertz CT molecular complexity index is 652. The molecule has 0 amide bonds. The number of methoxy groups -OCH3 is 1. The first kappa shape index (κ1) is 22.1. The standard InChI is InChI=1S/C8H10O7S2.2Na/c1-5-3-6(16(9,10)11)4-7(8(5)15-2)17(12,13)14;;/h3-4H,1-2H3,(H,9,10,11)(H,12,13,14);;/q;2*+1/p-2. The normalized spacial score (nSPS) is 11.2. The zero-order valence-electron chi connectivity index (χ0n) is 10.8. The number of hydrogen-bond acceptors (Lipinski definition) is 7. The summed E-state index contributed by atoms with van der Waals surface area (Å²) >= 11 is 0. The van der Waals surface area contributed by atoms with E-state index in [2.05, 4.69) is 0 Å². The Kier molecular flexibility index (Phi) is 9.01. The van der Waals surface area contributed by atoms with E-state index >= 15 is 0 Å². The van der Waals surface area contributed by atoms with Crippen LogP contribution in [-0.2, 0) is 20.2 Å². The molecule has 0 saturated heterocycles. The molecule has 1 aromatic carbocycles. The van der Waals surface area contributed by atoms with Gasteiger partial charge in [0.15, 0.2) is 0 Å². The van der Waals surface area contributed by atoms with Gasteiger partial charge in [0.1, 0.15) is 26.0 Å². The maximum Gasteiger partial charge on any atom is 1.00 e. The molecule has 0 aliphatic heterocycles. The van der Waals surface area contributed by atoms with Gasteiger partial charge in [-0.05, 0) is 24.6 Å². The van der Waals surface area contributed by atoms with Crippen LogP contribution in [0.4, 0.5) is 0 Å². The first-order valence-corrected chi connectivity index (χ1v) is 6.99. The van der Waals surface area contributed by atoms with Crippen LogP contribution in [0.15, 0.2) is 21.9 Å². The Balaban J connectivity index is 0. The van der Waals surface area contributed by atoms with Gasteiger partial charge in [0.2, 0.25) is 0 Å². The molecule has 0 atom stereocenters. The number of benzene rings is 1. The predicted molar refractivity (Wildman–Crippen MR) is 53.7 cm³/mol. The van der Waals surface area contributed by atoms with Gasteiger partial charge in [-0.1, -0.05) is 0 Å². The molecule has 11 heteroatoms. The van der Waals surface area contributed by atoms with Gasteiger partial charge in [0.25, 0.3) is 0 Å². The third kappa shape index (κ3) is 5.62. The SMILES string of the molecule is COc1c(C)cc(S(=O)(=O)[O-])cc1S(=O)(=O)[O-].[Na+].[Na+]. The Morgan fingerprint density at radius 1 is 1.00 bits per heavy atom. The maximum atomic E-state index is 10.9. The van der Waals surface area contributed by atoms with Gasteiger partial charge in [-0.3, -0.25) is 0 Å². The van der Waals surface area contributed by atoms with Crippen LogP contribution < -0.4 is 63.9 Å². The summed E-state index contributed by atoms with van der Waals surface area (Å²) in [6, 6.07) is 1.44. The van der Waals surface area contributed by atoms with Crippen LogP contribution in [0.1, 0.15) is 5.56 Å². The van der Waals surface area contributed by atoms with Gasteiger partial charge >= 0.3 is 59.1 Å². The van der Waals surface area contributed by atoms with E-state index in [1.165, 1.54) is 6.92 Å². The summed E-state index contributed by atoms with van der Waals surface area (Å²) in [6.07, 6.45) is 0. The van der Waals surface area contributed by atoms with E-state index in [0.29, 0.717) is 6.07 Å². The quantitative estimate of drug-likeness (QED) is 0.400. The van der Waals surface area contributed by atoms with Crippen LogP contribution in [0.2, 0.25) is 0 Å². The second kappa shape index (κ2) is 7.74. The average Bonchev–Trinajstić information content (AvgIpc) is 2.13. The molecular weight excluding hydrogens is 318 g/mol. The van der Waals surface area contributed by atoms with E-state index in [1.54, 1.807) is 0 Å². The molecule has 19 heavy (non-hydrogen) atoms. The van der Waals surface area contributed by atoms with Crippen molar-refractivity contribution < 1.29 is 89.8 Å². The molecule has 0 radical (unpaired) electrons. The molecule has 0 bridgehead atoms. The van der Waals surface area contributed by atoms with Crippen LogP contribution in [0, 0.1) is 6.92 Å². The van der Waals surface area contributed by atoms with E-state index in [0.717, 1.165) is 13.2 Å². The molecule has 7 nitrogen and oxygen atoms in total. The van der Waals surface area contributed by atoms with E-state index in [9.17, 15) is 25.9 Å². The fourth-order valence-electron chi connectivity index (χ4n) is 1.30. The summed E-state index contributed by atoms with van der Waals surface area (Å²) in [5, 5.41) is 0. The van der Waals surface area contributed by atoms with E-state index < -0.39 is 30.0 Å². The number of ether oxygens (including phenoxy) is 1. The third-order valence-corrected chi connectivity index (χ3v) is 3.63. The van der Waals surface area contributed by atoms with Crippen molar-refractivity contribution in [3.8, 4) is 5.75 Å². The van der Waals surface area contributed by atoms with E-state index in [-0.39, 0.29) is 70.4 Å². The first-order valence-electron chi connectivity index (χ1n) is 4.18. The predicted octanol–water partition coefficient (Wildman–Crippen LogP) is -6.18. The summed E-state index contributed by atoms with van der Waals surface area (Å²) in [4.78, 5) is -1.65. The molecule has 0 aliphatic carbocycles. The van der Waals surface area contributed by atoms with Crippen molar-refractivity contribution in [2.45, 2.75) is 16.7 Å². The van der Waals surface area contributed by atoms with E-state index in [1.807, 2.05) is 0 Å². The number of rotatable bonds is 3. The summed E-state index contributed by atoms with van der Waals surface area (Å²) in [7, 11) is -8.64. The fraction of sp³-hybridized carbons (Fsp3) is 0.250. The van der Waals surface area contributed by atoms with Crippen molar-refractivity contribution in [3.05, 3.63) is 17.7 Å². The van der Waals surface area contributed by atoms with E-state index in [4.69, 9.17) is 4.74 Å². The third-order valence-electron chi connectivity index (χ3n) is 1.98. The van der Waals surface area contributed by atoms with Gasteiger partial charge in [-0.2, -0.15) is 0 Å². The maximum absolute atomic E-state index is 10.9. The Labute approximate surface area is 155 Å². The summed E-state index contributed by atoms with van der Waals surface area (Å²) in [5.74, 6) is -0.271. The van der Waals surface area contributed by atoms with Gasteiger partial charge in [-0.15, -0.1) is 0 Å². The molecule has 1 aromatic rings. The summed E-state index contributed by atoms with van der Waals surface area (Å²) in [5.41, 5.74) is 0.0684. The molecule has 0 heterocycles. The molecular formula is C8H8Na2O7S2. The van der Waals surface area contributed by atoms with Crippen molar-refractivity contribution in [1.82, 2.24) is 0 Å². The van der Waals surface area contributed by atoms with Gasteiger partial charge in [0.05, 0.1) is 16.9 Å². The second-order valence-corrected chi connectivity index (χ2v) is 5.91. The molecule has 96 valence electrons. The Morgan fingerprint density at radius 2 is 1.47 bits per heavy atom. The summed E-state index contributed by atoms with van der Waals surface area (Å²) in [6.45, 7) is 1.32. The number of hydrogen-bond donors (Lipinski definition) is 0. The Morgan fingerprint density at radius 3 is 1.79 bits per heavy atom. The van der Waals surface area contributed by atoms with Crippen LogP contribution in [0.5, 0.6) is 5.75 Å². The van der Waals surface area contributed by atoms with Crippen molar-refractivity contribution in [1.29, 1.82) is 0 Å². The average molecular weight is 326 g/mol. The minimum absolute atomic E-state index is 0. The number of aryl methyl sites for hydroxylation is 1. The minimum Gasteiger partial charge on any atom is -0.744 e. The fourth-order valence-corrected chi connectivity index (χ4v) is 2.70. The zero-order valence-corrected chi connectivity index (χ0v) is 16.5. The van der Waals surface area contributed by atoms with Crippen LogP contribution in [0.3, 0.4) is 0 Å². The minimum atomic E-state index is -4.93. The first-order chi connectivity index (χ1) is 7.57. The van der Waals surface area contributed by atoms with Gasteiger partial charge in [-0.25, -0.2) is 16.8 Å². The van der Waals surface area contributed by atoms with Crippen molar-refractivity contribution >= 4 is 20.2 Å². The second-order valence-electron chi connectivity index (χ2n) is 3.18. The molecule has 1 rings (SSSR count). The monoisotopic (exact) mass is 326 g/mol. The van der Waals surface area contributed by atoms with Crippen LogP contribution in [-0.4, -0.2) is 33.1 Å². The molecule has 0 aromatic heterocycles. The van der Waals surface area contributed by atoms with Crippen molar-refractivity contribution in [2.24, 2.45) is 0 Å². The molecule has 0 spiro atoms. The zero-order chi connectivity index (χ0) is 13.4. The molecule has 0 unspecified atom stereocenters. The molecule has 0 N–H and O–H groups in total. The smallest absolute Gasteiger partial charge is 0.744 e. The molecule has 0 fully saturated rings. The largest absolute Gasteiger partial charge is 1.00 e. The van der Waals surface area contributed by atoms with Crippen LogP contribution >= 0.6 is 0 Å². The van der Waals surface area contributed by atoms with Crippen molar-refractivity contribution in [3.63, 3.8) is 0 Å². The van der Waals surface area contributed by atoms with Crippen molar-refractivity contribution in [2.75, 3.05) is 7.11 Å². The topological polar surface area (TPSA) is 124 Å². The van der Waals surface area contributed by atoms with Gasteiger partial charge < -0.3 is 13.8 Å². The van der Waals surface area contributed by atoms with Gasteiger partial charge in [0, 0.05) is 0 Å². The van der Waals surface area contributed by atoms with Crippen LogP contribution in [0.25, 0.3) is 0 Å². The Hall–Kier alpha value is 0.840. The molecule has 0 saturated carbocycles. The summed E-state index contributed by atoms with van der Waals surface area (Å²) < 4.78 is 69.7. The molecule has 0 aliphatic rings.